The van der Waals surface area contributed by atoms with Crippen LogP contribution >= 0.6 is 0 Å². The molecule has 1 heterocycles. The Morgan fingerprint density at radius 1 is 1.35 bits per heavy atom. The molecular formula is C14H29N3. The Morgan fingerprint density at radius 3 is 2.29 bits per heavy atom. The number of piperidine rings is 1. The molecule has 3 N–H and O–H groups in total. The molecule has 1 rings (SSSR count). The maximum atomic E-state index is 7.57. The molecule has 1 saturated heterocycles. The van der Waals surface area contributed by atoms with Gasteiger partial charge in [-0.3, -0.25) is 5.41 Å². The Kier molecular flexibility index (Phi) is 4.59. The first-order valence-corrected chi connectivity index (χ1v) is 6.86. The lowest BCUT2D eigenvalue weighted by Gasteiger charge is -2.39. The van der Waals surface area contributed by atoms with Crippen molar-refractivity contribution in [3.05, 3.63) is 0 Å². The van der Waals surface area contributed by atoms with Crippen LogP contribution in [0.15, 0.2) is 0 Å². The molecule has 0 atom stereocenters. The molecule has 3 nitrogen and oxygen atoms in total. The molecule has 3 heteroatoms. The molecule has 1 aliphatic heterocycles. The predicted molar refractivity (Wildman–Crippen MR) is 74.4 cm³/mol. The molecule has 17 heavy (non-hydrogen) atoms. The number of amidine groups is 1. The average molecular weight is 239 g/mol. The second-order valence-electron chi connectivity index (χ2n) is 6.55. The van der Waals surface area contributed by atoms with Gasteiger partial charge in [0.15, 0.2) is 0 Å². The highest BCUT2D eigenvalue weighted by Crippen LogP contribution is 2.34. The SMILES string of the molecule is CCC1(C)CCN(CCC(C)(C)C(=N)N)CC1. The molecule has 0 radical (unpaired) electrons. The summed E-state index contributed by atoms with van der Waals surface area (Å²) in [6, 6.07) is 0. The second kappa shape index (κ2) is 5.38. The molecule has 0 aromatic rings. The summed E-state index contributed by atoms with van der Waals surface area (Å²) in [7, 11) is 0. The van der Waals surface area contributed by atoms with E-state index in [-0.39, 0.29) is 5.41 Å². The van der Waals surface area contributed by atoms with Crippen molar-refractivity contribution < 1.29 is 0 Å². The van der Waals surface area contributed by atoms with Gasteiger partial charge < -0.3 is 10.6 Å². The minimum absolute atomic E-state index is 0.147. The lowest BCUT2D eigenvalue weighted by molar-refractivity contribution is 0.108. The third-order valence-corrected chi connectivity index (χ3v) is 4.70. The maximum absolute atomic E-state index is 7.57. The van der Waals surface area contributed by atoms with E-state index in [1.54, 1.807) is 0 Å². The van der Waals surface area contributed by atoms with Crippen molar-refractivity contribution >= 4 is 5.84 Å². The normalized spacial score (nSPS) is 21.4. The van der Waals surface area contributed by atoms with Gasteiger partial charge in [-0.2, -0.15) is 0 Å². The highest BCUT2D eigenvalue weighted by atomic mass is 15.1. The summed E-state index contributed by atoms with van der Waals surface area (Å²) < 4.78 is 0. The van der Waals surface area contributed by atoms with Gasteiger partial charge in [0.05, 0.1) is 5.84 Å². The van der Waals surface area contributed by atoms with Gasteiger partial charge >= 0.3 is 0 Å². The molecule has 0 amide bonds. The van der Waals surface area contributed by atoms with Gasteiger partial charge in [0, 0.05) is 5.41 Å². The average Bonchev–Trinajstić information content (AvgIpc) is 2.28. The van der Waals surface area contributed by atoms with E-state index < -0.39 is 0 Å². The molecular weight excluding hydrogens is 210 g/mol. The first-order valence-electron chi connectivity index (χ1n) is 6.86. The molecule has 0 aromatic carbocycles. The van der Waals surface area contributed by atoms with Crippen molar-refractivity contribution in [2.45, 2.75) is 53.4 Å². The second-order valence-corrected chi connectivity index (χ2v) is 6.55. The van der Waals surface area contributed by atoms with Crippen LogP contribution in [0.2, 0.25) is 0 Å². The number of likely N-dealkylation sites (tertiary alicyclic amines) is 1. The van der Waals surface area contributed by atoms with Crippen LogP contribution in [0.5, 0.6) is 0 Å². The number of nitrogens with two attached hydrogens (primary N) is 1. The van der Waals surface area contributed by atoms with Crippen molar-refractivity contribution in [2.75, 3.05) is 19.6 Å². The number of nitrogens with one attached hydrogen (secondary N) is 1. The van der Waals surface area contributed by atoms with Gasteiger partial charge in [-0.05, 0) is 44.3 Å². The van der Waals surface area contributed by atoms with Crippen molar-refractivity contribution in [3.63, 3.8) is 0 Å². The Morgan fingerprint density at radius 2 is 1.88 bits per heavy atom. The monoisotopic (exact) mass is 239 g/mol. The van der Waals surface area contributed by atoms with E-state index in [2.05, 4.69) is 32.6 Å². The van der Waals surface area contributed by atoms with E-state index in [4.69, 9.17) is 11.1 Å². The van der Waals surface area contributed by atoms with Crippen LogP contribution in [0, 0.1) is 16.2 Å². The van der Waals surface area contributed by atoms with Gasteiger partial charge in [-0.15, -0.1) is 0 Å². The number of nitrogens with zero attached hydrogens (tertiary/aromatic N) is 1. The van der Waals surface area contributed by atoms with Crippen LogP contribution in [0.25, 0.3) is 0 Å². The minimum Gasteiger partial charge on any atom is -0.387 e. The van der Waals surface area contributed by atoms with Crippen LogP contribution in [0.1, 0.15) is 53.4 Å². The highest BCUT2D eigenvalue weighted by Gasteiger charge is 2.29. The zero-order chi connectivity index (χ0) is 13.1. The zero-order valence-electron chi connectivity index (χ0n) is 12.0. The molecule has 0 bridgehead atoms. The zero-order valence-corrected chi connectivity index (χ0v) is 12.0. The number of hydrogen-bond donors (Lipinski definition) is 2. The molecule has 0 unspecified atom stereocenters. The van der Waals surface area contributed by atoms with Gasteiger partial charge in [-0.1, -0.05) is 34.1 Å². The third kappa shape index (κ3) is 3.98. The van der Waals surface area contributed by atoms with E-state index in [9.17, 15) is 0 Å². The lowest BCUT2D eigenvalue weighted by atomic mass is 9.78. The molecule has 1 fully saturated rings. The van der Waals surface area contributed by atoms with Crippen molar-refractivity contribution in [3.8, 4) is 0 Å². The van der Waals surface area contributed by atoms with Crippen LogP contribution in [-0.4, -0.2) is 30.4 Å². The Balaban J connectivity index is 2.34. The largest absolute Gasteiger partial charge is 0.387 e. The van der Waals surface area contributed by atoms with E-state index in [1.165, 1.54) is 32.4 Å². The Labute approximate surface area is 106 Å². The van der Waals surface area contributed by atoms with E-state index in [0.29, 0.717) is 11.3 Å². The van der Waals surface area contributed by atoms with Crippen LogP contribution in [0.3, 0.4) is 0 Å². The number of hydrogen-bond acceptors (Lipinski definition) is 2. The predicted octanol–water partition coefficient (Wildman–Crippen LogP) is 2.85. The topological polar surface area (TPSA) is 53.1 Å². The molecule has 100 valence electrons. The maximum Gasteiger partial charge on any atom is 0.0963 e. The lowest BCUT2D eigenvalue weighted by Crippen LogP contribution is -2.41. The smallest absolute Gasteiger partial charge is 0.0963 e. The third-order valence-electron chi connectivity index (χ3n) is 4.70. The quantitative estimate of drug-likeness (QED) is 0.572. The molecule has 0 saturated carbocycles. The van der Waals surface area contributed by atoms with Crippen molar-refractivity contribution in [2.24, 2.45) is 16.6 Å². The van der Waals surface area contributed by atoms with Gasteiger partial charge in [0.1, 0.15) is 0 Å². The molecule has 0 aliphatic carbocycles. The fourth-order valence-corrected chi connectivity index (χ4v) is 2.24. The summed E-state index contributed by atoms with van der Waals surface area (Å²) in [5.41, 5.74) is 6.03. The molecule has 0 aromatic heterocycles. The van der Waals surface area contributed by atoms with Crippen LogP contribution in [0.4, 0.5) is 0 Å². The van der Waals surface area contributed by atoms with Crippen molar-refractivity contribution in [1.29, 1.82) is 5.41 Å². The molecule has 0 spiro atoms. The number of rotatable bonds is 5. The van der Waals surface area contributed by atoms with Crippen LogP contribution < -0.4 is 5.73 Å². The summed E-state index contributed by atoms with van der Waals surface area (Å²) in [5.74, 6) is 0.313. The first kappa shape index (κ1) is 14.5. The Hall–Kier alpha value is -0.570. The molecule has 1 aliphatic rings. The standard InChI is InChI=1S/C14H29N3/c1-5-14(4)7-10-17(11-8-14)9-6-13(2,3)12(15)16/h5-11H2,1-4H3,(H3,15,16). The van der Waals surface area contributed by atoms with Crippen molar-refractivity contribution in [1.82, 2.24) is 4.90 Å². The first-order chi connectivity index (χ1) is 7.79. The summed E-state index contributed by atoms with van der Waals surface area (Å²) in [6.07, 6.45) is 4.90. The van der Waals surface area contributed by atoms with Gasteiger partial charge in [0.2, 0.25) is 0 Å². The summed E-state index contributed by atoms with van der Waals surface area (Å²) in [6.45, 7) is 12.3. The van der Waals surface area contributed by atoms with E-state index in [0.717, 1.165) is 13.0 Å². The van der Waals surface area contributed by atoms with E-state index in [1.807, 2.05) is 0 Å². The summed E-state index contributed by atoms with van der Waals surface area (Å²) >= 11 is 0. The fraction of sp³-hybridized carbons (Fsp3) is 0.929. The van der Waals surface area contributed by atoms with E-state index >= 15 is 0 Å². The van der Waals surface area contributed by atoms with Gasteiger partial charge in [-0.25, -0.2) is 0 Å². The van der Waals surface area contributed by atoms with Crippen LogP contribution in [-0.2, 0) is 0 Å². The van der Waals surface area contributed by atoms with Gasteiger partial charge in [0.25, 0.3) is 0 Å². The fourth-order valence-electron chi connectivity index (χ4n) is 2.24. The highest BCUT2D eigenvalue weighted by molar-refractivity contribution is 5.82. The minimum atomic E-state index is -0.147. The summed E-state index contributed by atoms with van der Waals surface area (Å²) in [5, 5.41) is 7.57. The Bertz CT molecular complexity index is 263. The summed E-state index contributed by atoms with van der Waals surface area (Å²) in [4.78, 5) is 2.53.